The first-order valence-corrected chi connectivity index (χ1v) is 10.6. The Bertz CT molecular complexity index is 677. The average molecular weight is 377 g/mol. The van der Waals surface area contributed by atoms with E-state index in [2.05, 4.69) is 10.0 Å². The van der Waals surface area contributed by atoms with E-state index in [9.17, 15) is 9.18 Å². The van der Waals surface area contributed by atoms with Gasteiger partial charge in [-0.25, -0.2) is 9.11 Å². The summed E-state index contributed by atoms with van der Waals surface area (Å²) in [5, 5.41) is 3.39. The molecule has 0 atom stereocenters. The highest BCUT2D eigenvalue weighted by atomic mass is 32.2. The molecule has 1 amide bonds. The molecule has 0 saturated heterocycles. The largest absolute Gasteiger partial charge is 0.351 e. The maximum absolute atomic E-state index is 13.3. The summed E-state index contributed by atoms with van der Waals surface area (Å²) in [4.78, 5) is 13.9. The summed E-state index contributed by atoms with van der Waals surface area (Å²) in [6.07, 6.45) is 6.63. The van der Waals surface area contributed by atoms with E-state index in [0.29, 0.717) is 17.9 Å². The van der Waals surface area contributed by atoms with Crippen LogP contribution in [0.5, 0.6) is 0 Å². The van der Waals surface area contributed by atoms with E-state index < -0.39 is 5.54 Å². The second-order valence-electron chi connectivity index (χ2n) is 9.17. The summed E-state index contributed by atoms with van der Waals surface area (Å²) in [6, 6.07) is 5.09. The summed E-state index contributed by atoms with van der Waals surface area (Å²) in [6.45, 7) is 5.73. The Hall–Kier alpha value is -1.07. The Balaban J connectivity index is 1.37. The summed E-state index contributed by atoms with van der Waals surface area (Å²) in [5.41, 5.74) is 0.194. The van der Waals surface area contributed by atoms with Crippen LogP contribution in [0.15, 0.2) is 23.1 Å². The number of benzene rings is 1. The minimum Gasteiger partial charge on any atom is -0.351 e. The molecule has 3 nitrogen and oxygen atoms in total. The van der Waals surface area contributed by atoms with Crippen LogP contribution in [0.25, 0.3) is 0 Å². The first kappa shape index (κ1) is 18.3. The third-order valence-electron chi connectivity index (χ3n) is 6.65. The van der Waals surface area contributed by atoms with Crippen molar-refractivity contribution in [3.05, 3.63) is 29.6 Å². The minimum atomic E-state index is -0.680. The van der Waals surface area contributed by atoms with Crippen LogP contribution < -0.4 is 10.0 Å². The van der Waals surface area contributed by atoms with Crippen molar-refractivity contribution in [1.82, 2.24) is 10.0 Å². The number of carbonyl (C=O) groups excluding carboxylic acids is 1. The summed E-state index contributed by atoms with van der Waals surface area (Å²) < 4.78 is 16.5. The molecular weight excluding hydrogens is 347 g/mol. The third-order valence-corrected chi connectivity index (χ3v) is 7.94. The lowest BCUT2D eigenvalue weighted by Crippen LogP contribution is -2.60. The Morgan fingerprint density at radius 1 is 1.12 bits per heavy atom. The molecule has 142 valence electrons. The quantitative estimate of drug-likeness (QED) is 0.746. The van der Waals surface area contributed by atoms with Gasteiger partial charge in [0, 0.05) is 10.9 Å². The van der Waals surface area contributed by atoms with E-state index in [0.717, 1.165) is 22.3 Å². The minimum absolute atomic E-state index is 0.0715. The fourth-order valence-corrected chi connectivity index (χ4v) is 6.26. The standard InChI is InChI=1S/C21H29FN2OS/c1-12-6-17(22)4-5-18(12)26-24-21(2,3)20(25)23-19-15-8-13-7-14(10-15)11-16(19)9-13/h4-6,13-16,19,24H,7-11H2,1-3H3,(H,23,25). The summed E-state index contributed by atoms with van der Waals surface area (Å²) in [5.74, 6) is 3.02. The lowest BCUT2D eigenvalue weighted by molar-refractivity contribution is -0.129. The highest BCUT2D eigenvalue weighted by Gasteiger charge is 2.49. The summed E-state index contributed by atoms with van der Waals surface area (Å²) >= 11 is 1.40. The molecular formula is C21H29FN2OS. The van der Waals surface area contributed by atoms with Crippen LogP contribution in [0.3, 0.4) is 0 Å². The Kier molecular flexibility index (Phi) is 4.81. The van der Waals surface area contributed by atoms with Crippen molar-refractivity contribution < 1.29 is 9.18 Å². The number of hydrogen-bond donors (Lipinski definition) is 2. The second kappa shape index (κ2) is 6.83. The summed E-state index contributed by atoms with van der Waals surface area (Å²) in [7, 11) is 0. The molecule has 1 aromatic carbocycles. The number of hydrogen-bond acceptors (Lipinski definition) is 3. The average Bonchev–Trinajstić information content (AvgIpc) is 2.56. The molecule has 26 heavy (non-hydrogen) atoms. The van der Waals surface area contributed by atoms with Crippen molar-refractivity contribution >= 4 is 17.9 Å². The maximum atomic E-state index is 13.3. The molecule has 0 radical (unpaired) electrons. The van der Waals surface area contributed by atoms with Gasteiger partial charge in [-0.3, -0.25) is 4.79 Å². The van der Waals surface area contributed by atoms with Crippen LogP contribution >= 0.6 is 11.9 Å². The van der Waals surface area contributed by atoms with Crippen molar-refractivity contribution in [3.63, 3.8) is 0 Å². The number of aryl methyl sites for hydroxylation is 1. The van der Waals surface area contributed by atoms with E-state index in [-0.39, 0.29) is 11.7 Å². The van der Waals surface area contributed by atoms with Crippen LogP contribution in [0.2, 0.25) is 0 Å². The van der Waals surface area contributed by atoms with Crippen molar-refractivity contribution in [1.29, 1.82) is 0 Å². The molecule has 5 rings (SSSR count). The molecule has 0 unspecified atom stereocenters. The van der Waals surface area contributed by atoms with Gasteiger partial charge < -0.3 is 5.32 Å². The van der Waals surface area contributed by atoms with Crippen molar-refractivity contribution in [2.45, 2.75) is 69.4 Å². The first-order valence-electron chi connectivity index (χ1n) is 9.83. The molecule has 1 aromatic rings. The Morgan fingerprint density at radius 3 is 2.31 bits per heavy atom. The zero-order valence-corrected chi connectivity index (χ0v) is 16.7. The molecule has 0 spiro atoms. The van der Waals surface area contributed by atoms with Crippen molar-refractivity contribution in [2.75, 3.05) is 0 Å². The van der Waals surface area contributed by atoms with Gasteiger partial charge in [0.2, 0.25) is 5.91 Å². The predicted molar refractivity (Wildman–Crippen MR) is 103 cm³/mol. The molecule has 4 aliphatic carbocycles. The van der Waals surface area contributed by atoms with Gasteiger partial charge in [-0.1, -0.05) is 0 Å². The number of nitrogens with one attached hydrogen (secondary N) is 2. The fourth-order valence-electron chi connectivity index (χ4n) is 5.45. The molecule has 5 heteroatoms. The molecule has 4 aliphatic rings. The fraction of sp³-hybridized carbons (Fsp3) is 0.667. The highest BCUT2D eigenvalue weighted by Crippen LogP contribution is 2.53. The van der Waals surface area contributed by atoms with Gasteiger partial charge in [0.05, 0.1) is 0 Å². The van der Waals surface area contributed by atoms with Gasteiger partial charge in [-0.2, -0.15) is 0 Å². The molecule has 4 fully saturated rings. The van der Waals surface area contributed by atoms with E-state index in [1.54, 1.807) is 6.07 Å². The van der Waals surface area contributed by atoms with E-state index in [1.807, 2.05) is 20.8 Å². The predicted octanol–water partition coefficient (Wildman–Crippen LogP) is 4.45. The molecule has 4 saturated carbocycles. The number of carbonyl (C=O) groups is 1. The van der Waals surface area contributed by atoms with Crippen LogP contribution in [0.4, 0.5) is 4.39 Å². The number of amides is 1. The zero-order chi connectivity index (χ0) is 18.5. The molecule has 2 N–H and O–H groups in total. The van der Waals surface area contributed by atoms with Crippen molar-refractivity contribution in [2.24, 2.45) is 23.7 Å². The van der Waals surface area contributed by atoms with E-state index >= 15 is 0 Å². The van der Waals surface area contributed by atoms with Crippen molar-refractivity contribution in [3.8, 4) is 0 Å². The van der Waals surface area contributed by atoms with Crippen LogP contribution in [0.1, 0.15) is 51.5 Å². The first-order chi connectivity index (χ1) is 12.3. The normalized spacial score (nSPS) is 32.7. The monoisotopic (exact) mass is 376 g/mol. The van der Waals surface area contributed by atoms with Gasteiger partial charge in [0.25, 0.3) is 0 Å². The smallest absolute Gasteiger partial charge is 0.240 e. The Morgan fingerprint density at radius 2 is 1.73 bits per heavy atom. The maximum Gasteiger partial charge on any atom is 0.240 e. The Labute approximate surface area is 160 Å². The number of halogens is 1. The van der Waals surface area contributed by atoms with Gasteiger partial charge in [-0.05, 0) is 112 Å². The van der Waals surface area contributed by atoms with Gasteiger partial charge in [0.1, 0.15) is 11.4 Å². The second-order valence-corrected chi connectivity index (χ2v) is 10.0. The van der Waals surface area contributed by atoms with Crippen LogP contribution in [-0.2, 0) is 4.79 Å². The van der Waals surface area contributed by atoms with Gasteiger partial charge >= 0.3 is 0 Å². The zero-order valence-electron chi connectivity index (χ0n) is 15.8. The molecule has 0 heterocycles. The lowest BCUT2D eigenvalue weighted by atomic mass is 9.54. The highest BCUT2D eigenvalue weighted by molar-refractivity contribution is 7.97. The van der Waals surface area contributed by atoms with Crippen LogP contribution in [-0.4, -0.2) is 17.5 Å². The third kappa shape index (κ3) is 3.53. The molecule has 4 bridgehead atoms. The van der Waals surface area contributed by atoms with E-state index in [4.69, 9.17) is 0 Å². The number of rotatable bonds is 5. The topological polar surface area (TPSA) is 41.1 Å². The SMILES string of the molecule is Cc1cc(F)ccc1SNC(C)(C)C(=O)NC1C2CC3CC(C2)CC1C3. The lowest BCUT2D eigenvalue weighted by Gasteiger charge is -2.54. The molecule has 0 aliphatic heterocycles. The van der Waals surface area contributed by atoms with Gasteiger partial charge in [-0.15, -0.1) is 0 Å². The van der Waals surface area contributed by atoms with Crippen LogP contribution in [0, 0.1) is 36.4 Å². The van der Waals surface area contributed by atoms with Gasteiger partial charge in [0.15, 0.2) is 0 Å². The van der Waals surface area contributed by atoms with E-state index in [1.165, 1.54) is 56.2 Å². The molecule has 0 aromatic heterocycles.